The number of hydrogen-bond donors (Lipinski definition) is 1. The Morgan fingerprint density at radius 2 is 2.10 bits per heavy atom. The Morgan fingerprint density at radius 3 is 2.60 bits per heavy atom. The number of phenols is 1. The highest BCUT2D eigenvalue weighted by atomic mass is 127. The molecule has 1 aromatic carbocycles. The minimum atomic E-state index is -0.328. The molecule has 0 radical (unpaired) electrons. The van der Waals surface area contributed by atoms with Crippen LogP contribution in [0.25, 0.3) is 0 Å². The largest absolute Gasteiger partial charge is 0.507 e. The van der Waals surface area contributed by atoms with Crippen LogP contribution < -0.4 is 0 Å². The van der Waals surface area contributed by atoms with Crippen molar-refractivity contribution in [2.75, 3.05) is 0 Å². The van der Waals surface area contributed by atoms with Gasteiger partial charge in [-0.1, -0.05) is 0 Å². The number of rotatable bonds is 0. The molecule has 10 heavy (non-hydrogen) atoms. The minimum absolute atomic E-state index is 0.0609. The first-order valence-electron chi connectivity index (χ1n) is 2.45. The van der Waals surface area contributed by atoms with E-state index in [2.05, 4.69) is 15.9 Å². The first-order chi connectivity index (χ1) is 4.61. The number of phenolic OH excluding ortho intramolecular Hbond substituents is 1. The summed E-state index contributed by atoms with van der Waals surface area (Å²) in [5, 5.41) is 9.01. The molecule has 0 aliphatic rings. The third-order valence-corrected chi connectivity index (χ3v) is 2.45. The molecule has 0 fully saturated rings. The highest BCUT2D eigenvalue weighted by Gasteiger charge is 2.03. The van der Waals surface area contributed by atoms with Crippen molar-refractivity contribution < 1.29 is 9.50 Å². The Morgan fingerprint density at radius 1 is 1.50 bits per heavy atom. The third kappa shape index (κ3) is 1.60. The van der Waals surface area contributed by atoms with Crippen LogP contribution in [0.1, 0.15) is 0 Å². The quantitative estimate of drug-likeness (QED) is 0.576. The van der Waals surface area contributed by atoms with Crippen LogP contribution in [0.5, 0.6) is 5.75 Å². The molecule has 0 amide bonds. The topological polar surface area (TPSA) is 20.2 Å². The van der Waals surface area contributed by atoms with E-state index in [4.69, 9.17) is 5.11 Å². The van der Waals surface area contributed by atoms with Gasteiger partial charge in [-0.3, -0.25) is 0 Å². The van der Waals surface area contributed by atoms with Gasteiger partial charge in [-0.2, -0.15) is 0 Å². The Hall–Kier alpha value is 0.160. The predicted octanol–water partition coefficient (Wildman–Crippen LogP) is 2.90. The van der Waals surface area contributed by atoms with Crippen molar-refractivity contribution >= 4 is 38.5 Å². The summed E-state index contributed by atoms with van der Waals surface area (Å²) >= 11 is 4.80. The van der Waals surface area contributed by atoms with Crippen molar-refractivity contribution in [3.8, 4) is 5.75 Å². The molecule has 0 saturated carbocycles. The van der Waals surface area contributed by atoms with E-state index in [9.17, 15) is 4.39 Å². The van der Waals surface area contributed by atoms with Crippen LogP contribution in [-0.2, 0) is 0 Å². The van der Waals surface area contributed by atoms with E-state index in [1.165, 1.54) is 12.1 Å². The molecule has 0 unspecified atom stereocenters. The highest BCUT2D eigenvalue weighted by molar-refractivity contribution is 14.1. The summed E-state index contributed by atoms with van der Waals surface area (Å²) in [4.78, 5) is 0. The van der Waals surface area contributed by atoms with Crippen LogP contribution in [0, 0.1) is 9.39 Å². The van der Waals surface area contributed by atoms with Gasteiger partial charge < -0.3 is 5.11 Å². The molecule has 0 saturated heterocycles. The van der Waals surface area contributed by atoms with Gasteiger partial charge in [0.05, 0.1) is 8.04 Å². The maximum atomic E-state index is 12.6. The van der Waals surface area contributed by atoms with Crippen LogP contribution in [0.3, 0.4) is 0 Å². The predicted molar refractivity (Wildman–Crippen MR) is 48.5 cm³/mol. The van der Waals surface area contributed by atoms with E-state index in [1.807, 2.05) is 22.6 Å². The molecule has 0 bridgehead atoms. The number of benzene rings is 1. The zero-order valence-corrected chi connectivity index (χ0v) is 8.48. The van der Waals surface area contributed by atoms with Crippen LogP contribution >= 0.6 is 38.5 Å². The molecular weight excluding hydrogens is 314 g/mol. The molecule has 1 rings (SSSR count). The average molecular weight is 317 g/mol. The summed E-state index contributed by atoms with van der Waals surface area (Å²) in [6, 6.07) is 2.59. The smallest absolute Gasteiger partial charge is 0.137 e. The lowest BCUT2D eigenvalue weighted by molar-refractivity contribution is 0.468. The molecule has 1 N–H and O–H groups in total. The molecule has 54 valence electrons. The summed E-state index contributed by atoms with van der Waals surface area (Å²) in [6.07, 6.45) is 0. The summed E-state index contributed by atoms with van der Waals surface area (Å²) in [5.74, 6) is -0.268. The number of halogens is 3. The van der Waals surface area contributed by atoms with Crippen molar-refractivity contribution in [3.05, 3.63) is 26.0 Å². The molecule has 1 nitrogen and oxygen atoms in total. The fourth-order valence-corrected chi connectivity index (χ4v) is 1.28. The van der Waals surface area contributed by atoms with Crippen molar-refractivity contribution in [2.24, 2.45) is 0 Å². The van der Waals surface area contributed by atoms with Gasteiger partial charge in [-0.25, -0.2) is 4.39 Å². The van der Waals surface area contributed by atoms with E-state index >= 15 is 0 Å². The zero-order chi connectivity index (χ0) is 7.72. The third-order valence-electron chi connectivity index (χ3n) is 0.990. The lowest BCUT2D eigenvalue weighted by Gasteiger charge is -1.97. The van der Waals surface area contributed by atoms with Gasteiger partial charge in [-0.15, -0.1) is 0 Å². The lowest BCUT2D eigenvalue weighted by Crippen LogP contribution is -1.80. The summed E-state index contributed by atoms with van der Waals surface area (Å²) < 4.78 is 13.4. The van der Waals surface area contributed by atoms with Crippen molar-refractivity contribution in [3.63, 3.8) is 0 Å². The molecule has 1 aromatic rings. The monoisotopic (exact) mass is 316 g/mol. The number of aromatic hydroxyl groups is 1. The van der Waals surface area contributed by atoms with Gasteiger partial charge in [0.25, 0.3) is 0 Å². The lowest BCUT2D eigenvalue weighted by atomic mass is 10.3. The van der Waals surface area contributed by atoms with Gasteiger partial charge in [0.15, 0.2) is 0 Å². The van der Waals surface area contributed by atoms with Crippen LogP contribution in [0.2, 0.25) is 0 Å². The second-order valence-corrected chi connectivity index (χ2v) is 3.73. The molecule has 4 heteroatoms. The molecular formula is C6H3BrFIO. The van der Waals surface area contributed by atoms with Gasteiger partial charge in [-0.05, 0) is 50.7 Å². The van der Waals surface area contributed by atoms with Crippen molar-refractivity contribution in [1.29, 1.82) is 0 Å². The molecule has 0 atom stereocenters. The fraction of sp³-hybridized carbons (Fsp3) is 0. The molecule has 0 spiro atoms. The minimum Gasteiger partial charge on any atom is -0.507 e. The molecule has 0 aromatic heterocycles. The van der Waals surface area contributed by atoms with E-state index in [-0.39, 0.29) is 11.6 Å². The number of hydrogen-bond acceptors (Lipinski definition) is 1. The van der Waals surface area contributed by atoms with Gasteiger partial charge in [0.1, 0.15) is 11.6 Å². The van der Waals surface area contributed by atoms with E-state index in [0.29, 0.717) is 8.04 Å². The molecule has 0 heterocycles. The van der Waals surface area contributed by atoms with E-state index in [0.717, 1.165) is 0 Å². The van der Waals surface area contributed by atoms with Gasteiger partial charge >= 0.3 is 0 Å². The standard InChI is InChI=1S/C6H3BrFIO/c7-3-1-4(8)5(9)2-6(3)10/h1-2,10H. The maximum absolute atomic E-state index is 12.6. The van der Waals surface area contributed by atoms with E-state index < -0.39 is 0 Å². The zero-order valence-electron chi connectivity index (χ0n) is 4.74. The van der Waals surface area contributed by atoms with Crippen molar-refractivity contribution in [2.45, 2.75) is 0 Å². The summed E-state index contributed by atoms with van der Waals surface area (Å²) in [7, 11) is 0. The Kier molecular flexibility index (Phi) is 2.51. The molecule has 0 aliphatic heterocycles. The summed E-state index contributed by atoms with van der Waals surface area (Å²) in [5.41, 5.74) is 0. The normalized spacial score (nSPS) is 9.90. The second-order valence-electron chi connectivity index (χ2n) is 1.72. The van der Waals surface area contributed by atoms with Crippen LogP contribution in [0.4, 0.5) is 4.39 Å². The van der Waals surface area contributed by atoms with E-state index in [1.54, 1.807) is 0 Å². The first kappa shape index (κ1) is 8.26. The summed E-state index contributed by atoms with van der Waals surface area (Å²) in [6.45, 7) is 0. The van der Waals surface area contributed by atoms with Gasteiger partial charge in [0, 0.05) is 0 Å². The van der Waals surface area contributed by atoms with Crippen LogP contribution in [-0.4, -0.2) is 5.11 Å². The van der Waals surface area contributed by atoms with Gasteiger partial charge in [0.2, 0.25) is 0 Å². The maximum Gasteiger partial charge on any atom is 0.137 e. The van der Waals surface area contributed by atoms with Crippen LogP contribution in [0.15, 0.2) is 16.6 Å². The Bertz CT molecular complexity index is 214. The second kappa shape index (κ2) is 3.04. The first-order valence-corrected chi connectivity index (χ1v) is 4.32. The highest BCUT2D eigenvalue weighted by Crippen LogP contribution is 2.27. The SMILES string of the molecule is Oc1cc(I)c(F)cc1Br. The average Bonchev–Trinajstić information content (AvgIpc) is 1.84. The van der Waals surface area contributed by atoms with Crippen molar-refractivity contribution in [1.82, 2.24) is 0 Å². The fourth-order valence-electron chi connectivity index (χ4n) is 0.512. The Balaban J connectivity index is 3.28. The molecule has 0 aliphatic carbocycles. The Labute approximate surface area is 79.5 Å².